The third-order valence-corrected chi connectivity index (χ3v) is 13.5. The van der Waals surface area contributed by atoms with Crippen molar-refractivity contribution < 1.29 is 32.7 Å². The van der Waals surface area contributed by atoms with Crippen LogP contribution >= 0.6 is 11.3 Å². The van der Waals surface area contributed by atoms with Gasteiger partial charge in [-0.05, 0) is 130 Å². The lowest BCUT2D eigenvalue weighted by molar-refractivity contribution is -0.143. The number of anilines is 2. The molecule has 54 heavy (non-hydrogen) atoms. The molecule has 14 heteroatoms. The van der Waals surface area contributed by atoms with Gasteiger partial charge >= 0.3 is 11.9 Å². The van der Waals surface area contributed by atoms with Crippen molar-refractivity contribution in [1.29, 1.82) is 0 Å². The maximum absolute atomic E-state index is 13.8. The molecule has 0 unspecified atom stereocenters. The van der Waals surface area contributed by atoms with Crippen LogP contribution in [0, 0.1) is 10.8 Å². The monoisotopic (exact) mass is 770 g/mol. The minimum atomic E-state index is -3.97. The summed E-state index contributed by atoms with van der Waals surface area (Å²) in [6.45, 7) is 0. The highest BCUT2D eigenvalue weighted by molar-refractivity contribution is 7.89. The number of hydrogen-bond acceptors (Lipinski definition) is 8. The van der Waals surface area contributed by atoms with Crippen LogP contribution < -0.4 is 10.6 Å². The fourth-order valence-corrected chi connectivity index (χ4v) is 9.97. The predicted octanol–water partition coefficient (Wildman–Crippen LogP) is 7.48. The van der Waals surface area contributed by atoms with Gasteiger partial charge in [0.25, 0.3) is 11.8 Å². The maximum atomic E-state index is 13.8. The van der Waals surface area contributed by atoms with Gasteiger partial charge in [-0.3, -0.25) is 19.2 Å². The van der Waals surface area contributed by atoms with E-state index < -0.39 is 33.7 Å². The molecule has 3 aromatic carbocycles. The SMILES string of the molecule is CN([C@H]1CC[C@H](C(=O)O)CC1)S(=O)(=O)c1cccc(C(=O)Nc2sc3c(c2C(=O)Nc2ccc(CCCc4ccc(C(=O)N=O)cc4)cc2)CCCC3)c1. The van der Waals surface area contributed by atoms with E-state index in [1.165, 1.54) is 47.0 Å². The molecule has 2 aliphatic rings. The number of carbonyl (C=O) groups is 4. The van der Waals surface area contributed by atoms with Crippen LogP contribution in [0.15, 0.2) is 82.9 Å². The highest BCUT2D eigenvalue weighted by Gasteiger charge is 2.34. The van der Waals surface area contributed by atoms with Gasteiger partial charge in [-0.25, -0.2) is 8.42 Å². The molecule has 0 bridgehead atoms. The predicted molar refractivity (Wildman–Crippen MR) is 207 cm³/mol. The van der Waals surface area contributed by atoms with E-state index in [0.717, 1.165) is 60.1 Å². The Labute approximate surface area is 318 Å². The van der Waals surface area contributed by atoms with Crippen molar-refractivity contribution in [2.45, 2.75) is 81.6 Å². The Bertz CT molecular complexity index is 2160. The first-order chi connectivity index (χ1) is 25.9. The molecule has 1 aromatic heterocycles. The first-order valence-corrected chi connectivity index (χ1v) is 20.3. The first kappa shape index (κ1) is 38.7. The van der Waals surface area contributed by atoms with Crippen molar-refractivity contribution in [2.75, 3.05) is 17.7 Å². The molecule has 0 spiro atoms. The first-order valence-electron chi connectivity index (χ1n) is 18.1. The lowest BCUT2D eigenvalue weighted by Gasteiger charge is -2.32. The number of rotatable bonds is 13. The number of amides is 3. The summed E-state index contributed by atoms with van der Waals surface area (Å²) >= 11 is 1.38. The van der Waals surface area contributed by atoms with Gasteiger partial charge in [-0.15, -0.1) is 16.2 Å². The van der Waals surface area contributed by atoms with Crippen LogP contribution in [0.1, 0.15) is 97.6 Å². The lowest BCUT2D eigenvalue weighted by Crippen LogP contribution is -2.40. The number of benzene rings is 3. The van der Waals surface area contributed by atoms with Crippen LogP contribution in [-0.2, 0) is 40.5 Å². The quantitative estimate of drug-likeness (QED) is 0.117. The zero-order chi connectivity index (χ0) is 38.4. The van der Waals surface area contributed by atoms with E-state index in [-0.39, 0.29) is 28.0 Å². The molecule has 0 aliphatic heterocycles. The highest BCUT2D eigenvalue weighted by Crippen LogP contribution is 2.39. The summed E-state index contributed by atoms with van der Waals surface area (Å²) in [6, 6.07) is 19.9. The average Bonchev–Trinajstić information content (AvgIpc) is 3.56. The number of hydrogen-bond donors (Lipinski definition) is 3. The van der Waals surface area contributed by atoms with Crippen LogP contribution in [0.4, 0.5) is 10.7 Å². The molecule has 1 fully saturated rings. The fourth-order valence-electron chi connectivity index (χ4n) is 7.23. The number of thiophene rings is 1. The Kier molecular flexibility index (Phi) is 12.1. The number of fused-ring (bicyclic) bond motifs is 1. The van der Waals surface area contributed by atoms with Gasteiger partial charge in [-0.2, -0.15) is 4.31 Å². The number of nitrogens with one attached hydrogen (secondary N) is 2. The van der Waals surface area contributed by atoms with E-state index in [1.807, 2.05) is 36.4 Å². The normalized spacial score (nSPS) is 17.0. The van der Waals surface area contributed by atoms with Crippen LogP contribution in [0.3, 0.4) is 0 Å². The van der Waals surface area contributed by atoms with E-state index in [2.05, 4.69) is 15.8 Å². The topological polar surface area (TPSA) is 179 Å². The van der Waals surface area contributed by atoms with Gasteiger partial charge in [0, 0.05) is 40.0 Å². The maximum Gasteiger partial charge on any atom is 0.316 e. The van der Waals surface area contributed by atoms with E-state index >= 15 is 0 Å². The Morgan fingerprint density at radius 1 is 0.833 bits per heavy atom. The van der Waals surface area contributed by atoms with Crippen molar-refractivity contribution in [1.82, 2.24) is 4.31 Å². The second-order valence-corrected chi connectivity index (χ2v) is 17.0. The van der Waals surface area contributed by atoms with Gasteiger partial charge in [0.15, 0.2) is 0 Å². The second kappa shape index (κ2) is 17.0. The molecule has 0 radical (unpaired) electrons. The Balaban J connectivity index is 1.11. The summed E-state index contributed by atoms with van der Waals surface area (Å²) in [5.41, 5.74) is 4.49. The molecule has 0 atom stereocenters. The summed E-state index contributed by atoms with van der Waals surface area (Å²) in [7, 11) is -2.47. The molecule has 2 aliphatic carbocycles. The number of carboxylic acid groups (broad SMARTS) is 1. The third kappa shape index (κ3) is 8.83. The number of carbonyl (C=O) groups excluding carboxylic acids is 3. The number of carboxylic acids is 1. The number of nitrogens with zero attached hydrogens (tertiary/aromatic N) is 2. The molecule has 282 valence electrons. The summed E-state index contributed by atoms with van der Waals surface area (Å²) in [5, 5.41) is 18.1. The van der Waals surface area contributed by atoms with Gasteiger partial charge in [0.05, 0.1) is 16.4 Å². The Morgan fingerprint density at radius 3 is 2.13 bits per heavy atom. The zero-order valence-corrected chi connectivity index (χ0v) is 31.5. The number of sulfonamides is 1. The van der Waals surface area contributed by atoms with E-state index in [9.17, 15) is 37.6 Å². The molecule has 1 heterocycles. The summed E-state index contributed by atoms with van der Waals surface area (Å²) in [5.74, 6) is -2.98. The highest BCUT2D eigenvalue weighted by atomic mass is 32.2. The molecular formula is C40H42N4O8S2. The number of aliphatic carboxylic acids is 1. The van der Waals surface area contributed by atoms with E-state index in [0.29, 0.717) is 48.4 Å². The minimum Gasteiger partial charge on any atom is -0.481 e. The Morgan fingerprint density at radius 2 is 1.48 bits per heavy atom. The number of aryl methyl sites for hydroxylation is 3. The van der Waals surface area contributed by atoms with Gasteiger partial charge < -0.3 is 15.7 Å². The van der Waals surface area contributed by atoms with Crippen LogP contribution in [0.2, 0.25) is 0 Å². The molecule has 0 saturated heterocycles. The fraction of sp³-hybridized carbons (Fsp3) is 0.350. The molecule has 4 aromatic rings. The van der Waals surface area contributed by atoms with Crippen molar-refractivity contribution in [3.8, 4) is 0 Å². The molecule has 1 saturated carbocycles. The van der Waals surface area contributed by atoms with E-state index in [1.54, 1.807) is 12.1 Å². The van der Waals surface area contributed by atoms with Gasteiger partial charge in [0.2, 0.25) is 10.0 Å². The van der Waals surface area contributed by atoms with Gasteiger partial charge in [-0.1, -0.05) is 30.3 Å². The molecule has 12 nitrogen and oxygen atoms in total. The molecule has 3 N–H and O–H groups in total. The van der Waals surface area contributed by atoms with E-state index in [4.69, 9.17) is 0 Å². The molecular weight excluding hydrogens is 729 g/mol. The largest absolute Gasteiger partial charge is 0.481 e. The van der Waals surface area contributed by atoms with Crippen LogP contribution in [0.25, 0.3) is 0 Å². The standard InChI is InChI=1S/C40H42N4O8S2/c1-44(31-22-18-28(19-23-31)40(48)49)54(51,52)32-9-5-8-29(24-32)36(45)42-39-35(33-10-2-3-11-34(33)53-39)38(47)41-30-20-14-26(15-21-30)7-4-6-25-12-16-27(17-13-25)37(46)43-50/h5,8-9,12-17,20-21,24,28,31H,2-4,6-7,10-11,18-19,22-23H2,1H3,(H,41,47)(H,42,45)(H,48,49)/t28-,31-. The van der Waals surface area contributed by atoms with Crippen molar-refractivity contribution in [2.24, 2.45) is 11.1 Å². The summed E-state index contributed by atoms with van der Waals surface area (Å²) < 4.78 is 28.5. The smallest absolute Gasteiger partial charge is 0.316 e. The van der Waals surface area contributed by atoms with Crippen LogP contribution in [0.5, 0.6) is 0 Å². The van der Waals surface area contributed by atoms with Crippen LogP contribution in [-0.4, -0.2) is 54.6 Å². The average molecular weight is 771 g/mol. The van der Waals surface area contributed by atoms with Crippen molar-refractivity contribution >= 4 is 55.7 Å². The molecule has 3 amide bonds. The van der Waals surface area contributed by atoms with Crippen molar-refractivity contribution in [3.05, 3.63) is 116 Å². The Hall–Kier alpha value is -5.05. The number of nitroso groups, excluding NO2 is 1. The third-order valence-electron chi connectivity index (χ3n) is 10.4. The second-order valence-electron chi connectivity index (χ2n) is 13.9. The zero-order valence-electron chi connectivity index (χ0n) is 29.9. The molecule has 6 rings (SSSR count). The lowest BCUT2D eigenvalue weighted by atomic mass is 9.86. The van der Waals surface area contributed by atoms with Gasteiger partial charge in [0.1, 0.15) is 5.00 Å². The summed E-state index contributed by atoms with van der Waals surface area (Å²) in [6.07, 6.45) is 7.55. The van der Waals surface area contributed by atoms with Crippen molar-refractivity contribution in [3.63, 3.8) is 0 Å². The summed E-state index contributed by atoms with van der Waals surface area (Å²) in [4.78, 5) is 61.8. The minimum absolute atomic E-state index is 0.0369.